The van der Waals surface area contributed by atoms with Crippen molar-refractivity contribution in [3.05, 3.63) is 92.7 Å². The molecule has 0 saturated heterocycles. The molecule has 0 radical (unpaired) electrons. The van der Waals surface area contributed by atoms with Gasteiger partial charge in [-0.3, -0.25) is 14.6 Å². The molecule has 0 unspecified atom stereocenters. The van der Waals surface area contributed by atoms with E-state index in [9.17, 15) is 14.4 Å². The number of hydrogen-bond acceptors (Lipinski definition) is 8. The number of benzene rings is 2. The van der Waals surface area contributed by atoms with Crippen LogP contribution in [0.4, 0.5) is 5.69 Å². The fourth-order valence-electron chi connectivity index (χ4n) is 2.84. The minimum absolute atomic E-state index is 0.194. The number of nitrogen functional groups attached to an aromatic ring is 1. The molecule has 0 fully saturated rings. The maximum atomic E-state index is 12.1. The van der Waals surface area contributed by atoms with E-state index in [2.05, 4.69) is 48.3 Å². The molecule has 11 heteroatoms. The van der Waals surface area contributed by atoms with Crippen LogP contribution >= 0.6 is 40.2 Å². The molecule has 8 nitrogen and oxygen atoms in total. The summed E-state index contributed by atoms with van der Waals surface area (Å²) in [6.45, 7) is 0.293. The number of carbonyl (C=O) groups excluding carboxylic acids is 3. The highest BCUT2D eigenvalue weighted by Gasteiger charge is 2.12. The molecule has 37 heavy (non-hydrogen) atoms. The van der Waals surface area contributed by atoms with Crippen molar-refractivity contribution in [2.45, 2.75) is 19.4 Å². The molecule has 3 rings (SSSR count). The number of hydrogen-bond donors (Lipinski definition) is 3. The van der Waals surface area contributed by atoms with Gasteiger partial charge in [0.1, 0.15) is 0 Å². The van der Waals surface area contributed by atoms with E-state index in [0.717, 1.165) is 11.3 Å². The average Bonchev–Trinajstić information content (AvgIpc) is 2.92. The summed E-state index contributed by atoms with van der Waals surface area (Å²) in [6.07, 6.45) is 4.45. The number of esters is 2. The fraction of sp³-hybridized carbons (Fsp3) is 0.231. The number of nitrogens with zero attached hydrogens (tertiary/aromatic N) is 1. The third-order valence-corrected chi connectivity index (χ3v) is 5.58. The lowest BCUT2D eigenvalue weighted by molar-refractivity contribution is -0.140. The second-order valence-corrected chi connectivity index (χ2v) is 8.41. The van der Waals surface area contributed by atoms with E-state index >= 15 is 0 Å². The quantitative estimate of drug-likeness (QED) is 0.193. The predicted molar refractivity (Wildman–Crippen MR) is 152 cm³/mol. The Bertz CT molecular complexity index is 1180. The first kappa shape index (κ1) is 31.9. The number of pyridine rings is 1. The van der Waals surface area contributed by atoms with Gasteiger partial charge in [0.05, 0.1) is 31.8 Å². The summed E-state index contributed by atoms with van der Waals surface area (Å²) in [5.74, 6) is -0.922. The summed E-state index contributed by atoms with van der Waals surface area (Å²) in [5, 5.41) is 3.24. The Labute approximate surface area is 235 Å². The minimum Gasteiger partial charge on any atom is -0.469 e. The van der Waals surface area contributed by atoms with Crippen molar-refractivity contribution in [3.63, 3.8) is 0 Å². The Hall–Kier alpha value is -3.08. The van der Waals surface area contributed by atoms with Crippen LogP contribution in [-0.2, 0) is 27.2 Å². The van der Waals surface area contributed by atoms with Crippen molar-refractivity contribution in [1.82, 2.24) is 10.3 Å². The van der Waals surface area contributed by atoms with Crippen LogP contribution in [0.5, 0.6) is 0 Å². The number of amides is 1. The van der Waals surface area contributed by atoms with Gasteiger partial charge in [0.25, 0.3) is 5.91 Å². The third-order valence-electron chi connectivity index (χ3n) is 4.69. The first-order chi connectivity index (χ1) is 17.7. The Kier molecular flexibility index (Phi) is 15.0. The number of ether oxygens (including phenoxy) is 2. The number of halogens is 2. The number of anilines is 1. The van der Waals surface area contributed by atoms with Crippen LogP contribution < -0.4 is 11.1 Å². The summed E-state index contributed by atoms with van der Waals surface area (Å²) >= 11 is 12.6. The zero-order valence-electron chi connectivity index (χ0n) is 20.7. The fourth-order valence-corrected chi connectivity index (χ4v) is 3.61. The van der Waals surface area contributed by atoms with Crippen molar-refractivity contribution in [2.24, 2.45) is 0 Å². The smallest absolute Gasteiger partial charge is 0.339 e. The second kappa shape index (κ2) is 17.4. The normalized spacial score (nSPS) is 9.57. The number of nitrogens with two attached hydrogens (primary N) is 1. The van der Waals surface area contributed by atoms with Crippen molar-refractivity contribution < 1.29 is 23.9 Å². The number of nitrogens with one attached hydrogen (secondary N) is 1. The van der Waals surface area contributed by atoms with Gasteiger partial charge in [0.2, 0.25) is 0 Å². The standard InChI is InChI=1S/C16H14BrClN2O3.C9H11NO2.CH4S/c1-23-16(22)11-4-2-9(6-13(11)17)8-20-15(21)12-5-3-10(18)7-14(12)19;1-12-9(11)6-5-8-4-2-3-7-10-8;1-2/h2-7H,8,19H2,1H3,(H,20,21);2-4,7H,5-6H2,1H3;2H,1H3. The van der Waals surface area contributed by atoms with Gasteiger partial charge in [-0.15, -0.1) is 0 Å². The van der Waals surface area contributed by atoms with Gasteiger partial charge in [-0.1, -0.05) is 23.7 Å². The van der Waals surface area contributed by atoms with Crippen molar-refractivity contribution in [2.75, 3.05) is 26.2 Å². The zero-order chi connectivity index (χ0) is 27.8. The lowest BCUT2D eigenvalue weighted by Crippen LogP contribution is -2.23. The average molecular weight is 611 g/mol. The van der Waals surface area contributed by atoms with Gasteiger partial charge in [0, 0.05) is 40.0 Å². The highest BCUT2D eigenvalue weighted by Crippen LogP contribution is 2.20. The number of methoxy groups -OCH3 is 2. The molecule has 2 aromatic carbocycles. The van der Waals surface area contributed by atoms with E-state index in [1.807, 2.05) is 18.2 Å². The monoisotopic (exact) mass is 609 g/mol. The van der Waals surface area contributed by atoms with E-state index in [1.54, 1.807) is 42.8 Å². The maximum absolute atomic E-state index is 12.1. The largest absolute Gasteiger partial charge is 0.469 e. The zero-order valence-corrected chi connectivity index (χ0v) is 23.9. The number of aryl methyl sites for hydroxylation is 1. The maximum Gasteiger partial charge on any atom is 0.339 e. The molecule has 3 N–H and O–H groups in total. The Morgan fingerprint density at radius 1 is 1.03 bits per heavy atom. The molecule has 0 aliphatic heterocycles. The Morgan fingerprint density at radius 3 is 2.30 bits per heavy atom. The Morgan fingerprint density at radius 2 is 1.73 bits per heavy atom. The molecule has 0 atom stereocenters. The molecule has 1 aromatic heterocycles. The van der Waals surface area contributed by atoms with Gasteiger partial charge >= 0.3 is 11.9 Å². The first-order valence-corrected chi connectivity index (χ1v) is 12.9. The number of rotatable bonds is 7. The number of carbonyl (C=O) groups is 3. The lowest BCUT2D eigenvalue weighted by atomic mass is 10.1. The summed E-state index contributed by atoms with van der Waals surface area (Å²) in [6, 6.07) is 15.5. The highest BCUT2D eigenvalue weighted by atomic mass is 79.9. The highest BCUT2D eigenvalue weighted by molar-refractivity contribution is 9.10. The molecule has 1 heterocycles. The molecule has 198 valence electrons. The van der Waals surface area contributed by atoms with E-state index in [0.29, 0.717) is 45.7 Å². The summed E-state index contributed by atoms with van der Waals surface area (Å²) < 4.78 is 9.78. The van der Waals surface area contributed by atoms with Crippen molar-refractivity contribution >= 4 is 63.7 Å². The van der Waals surface area contributed by atoms with Crippen LogP contribution in [0.2, 0.25) is 5.02 Å². The van der Waals surface area contributed by atoms with Crippen LogP contribution in [0, 0.1) is 0 Å². The Balaban J connectivity index is 0.000000411. The lowest BCUT2D eigenvalue weighted by Gasteiger charge is -2.09. The molecule has 0 saturated carbocycles. The summed E-state index contributed by atoms with van der Waals surface area (Å²) in [5.41, 5.74) is 8.62. The molecule has 0 bridgehead atoms. The molecule has 0 spiro atoms. The van der Waals surface area contributed by atoms with Crippen molar-refractivity contribution in [1.29, 1.82) is 0 Å². The SMILES string of the molecule is COC(=O)CCc1ccccn1.COC(=O)c1ccc(CNC(=O)c2ccc(Cl)cc2N)cc1Br.CS. The molecule has 0 aliphatic rings. The van der Waals surface area contributed by atoms with E-state index < -0.39 is 5.97 Å². The topological polar surface area (TPSA) is 121 Å². The molecule has 0 aliphatic carbocycles. The third kappa shape index (κ3) is 11.2. The molecule has 1 amide bonds. The van der Waals surface area contributed by atoms with E-state index in [1.165, 1.54) is 20.3 Å². The van der Waals surface area contributed by atoms with Crippen molar-refractivity contribution in [3.8, 4) is 0 Å². The minimum atomic E-state index is -0.429. The summed E-state index contributed by atoms with van der Waals surface area (Å²) in [7, 11) is 2.71. The summed E-state index contributed by atoms with van der Waals surface area (Å²) in [4.78, 5) is 38.5. The van der Waals surface area contributed by atoms with Gasteiger partial charge in [0.15, 0.2) is 0 Å². The first-order valence-electron chi connectivity index (χ1n) is 10.9. The van der Waals surface area contributed by atoms with Crippen LogP contribution in [-0.4, -0.2) is 43.3 Å². The van der Waals surface area contributed by atoms with E-state index in [-0.39, 0.29) is 11.9 Å². The number of thiol groups is 1. The number of aromatic nitrogens is 1. The van der Waals surface area contributed by atoms with Crippen LogP contribution in [0.25, 0.3) is 0 Å². The van der Waals surface area contributed by atoms with Gasteiger partial charge in [-0.05, 0) is 70.2 Å². The predicted octanol–water partition coefficient (Wildman–Crippen LogP) is 5.13. The molecular weight excluding hydrogens is 582 g/mol. The van der Waals surface area contributed by atoms with Crippen LogP contribution in [0.3, 0.4) is 0 Å². The van der Waals surface area contributed by atoms with Gasteiger partial charge in [-0.25, -0.2) is 4.79 Å². The van der Waals surface area contributed by atoms with Gasteiger partial charge < -0.3 is 20.5 Å². The molecular formula is C26H29BrClN3O5S. The van der Waals surface area contributed by atoms with Gasteiger partial charge in [-0.2, -0.15) is 12.6 Å². The molecule has 3 aromatic rings. The van der Waals surface area contributed by atoms with Crippen LogP contribution in [0.1, 0.15) is 38.4 Å². The van der Waals surface area contributed by atoms with Crippen LogP contribution in [0.15, 0.2) is 65.3 Å². The van der Waals surface area contributed by atoms with E-state index in [4.69, 9.17) is 17.3 Å². The second-order valence-electron chi connectivity index (χ2n) is 7.12.